The summed E-state index contributed by atoms with van der Waals surface area (Å²) < 4.78 is 22.6. The molecule has 1 saturated heterocycles. The van der Waals surface area contributed by atoms with Crippen LogP contribution in [0.5, 0.6) is 0 Å². The molecule has 0 aromatic heterocycles. The molecule has 0 saturated carbocycles. The first-order valence-electron chi connectivity index (χ1n) is 5.19. The molecule has 94 valence electrons. The van der Waals surface area contributed by atoms with Crippen LogP contribution in [-0.2, 0) is 9.84 Å². The first-order chi connectivity index (χ1) is 7.30. The predicted octanol–water partition coefficient (Wildman–Crippen LogP) is 0.511. The number of hydrogen-bond donors (Lipinski definition) is 2. The van der Waals surface area contributed by atoms with Crippen molar-refractivity contribution in [3.8, 4) is 0 Å². The smallest absolute Gasteiger partial charge is 0.166 e. The minimum Gasteiger partial charge on any atom is -0.362 e. The van der Waals surface area contributed by atoms with E-state index in [1.807, 2.05) is 0 Å². The number of nitrogens with one attached hydrogen (secondary N) is 2. The highest BCUT2D eigenvalue weighted by molar-refractivity contribution is 7.91. The molecule has 1 rings (SSSR count). The molecule has 1 aliphatic rings. The van der Waals surface area contributed by atoms with E-state index in [1.165, 1.54) is 0 Å². The third-order valence-electron chi connectivity index (χ3n) is 2.27. The van der Waals surface area contributed by atoms with Gasteiger partial charge >= 0.3 is 0 Å². The molecule has 0 radical (unpaired) electrons. The Hall–Kier alpha value is -0.0700. The standard InChI is InChI=1S/C9H17ClN2O2S2/c1-6(2)3-11-9(15)12-8-5-16(13,14)4-7(8)10/h6-8H,3-5H2,1-2H3,(H2,11,12,15). The summed E-state index contributed by atoms with van der Waals surface area (Å²) in [5, 5.41) is 6.05. The Morgan fingerprint density at radius 2 is 2.12 bits per heavy atom. The Balaban J connectivity index is 2.40. The molecule has 0 aromatic carbocycles. The second-order valence-electron chi connectivity index (χ2n) is 4.45. The van der Waals surface area contributed by atoms with Gasteiger partial charge in [-0.3, -0.25) is 0 Å². The van der Waals surface area contributed by atoms with E-state index in [4.69, 9.17) is 23.8 Å². The van der Waals surface area contributed by atoms with Crippen molar-refractivity contribution < 1.29 is 8.42 Å². The molecule has 0 amide bonds. The highest BCUT2D eigenvalue weighted by Crippen LogP contribution is 2.17. The van der Waals surface area contributed by atoms with E-state index in [0.717, 1.165) is 6.54 Å². The van der Waals surface area contributed by atoms with E-state index in [0.29, 0.717) is 11.0 Å². The lowest BCUT2D eigenvalue weighted by Gasteiger charge is -2.18. The van der Waals surface area contributed by atoms with E-state index in [1.54, 1.807) is 0 Å². The normalized spacial score (nSPS) is 28.0. The molecule has 0 aliphatic carbocycles. The van der Waals surface area contributed by atoms with Crippen LogP contribution in [0.2, 0.25) is 0 Å². The van der Waals surface area contributed by atoms with E-state index < -0.39 is 15.2 Å². The van der Waals surface area contributed by atoms with Crippen molar-refractivity contribution in [2.45, 2.75) is 25.3 Å². The van der Waals surface area contributed by atoms with Crippen LogP contribution in [0.4, 0.5) is 0 Å². The average Bonchev–Trinajstić information content (AvgIpc) is 2.36. The Kier molecular flexibility index (Phi) is 4.82. The monoisotopic (exact) mass is 284 g/mol. The number of rotatable bonds is 3. The van der Waals surface area contributed by atoms with Crippen LogP contribution in [0.25, 0.3) is 0 Å². The van der Waals surface area contributed by atoms with Crippen molar-refractivity contribution in [1.82, 2.24) is 10.6 Å². The van der Waals surface area contributed by atoms with Crippen molar-refractivity contribution in [3.63, 3.8) is 0 Å². The van der Waals surface area contributed by atoms with Gasteiger partial charge in [-0.05, 0) is 18.1 Å². The van der Waals surface area contributed by atoms with Crippen LogP contribution in [-0.4, -0.2) is 43.0 Å². The molecule has 2 atom stereocenters. The zero-order valence-corrected chi connectivity index (χ0v) is 11.8. The van der Waals surface area contributed by atoms with Gasteiger partial charge in [0.05, 0.1) is 22.9 Å². The molecule has 2 N–H and O–H groups in total. The number of halogens is 1. The van der Waals surface area contributed by atoms with E-state index in [2.05, 4.69) is 24.5 Å². The van der Waals surface area contributed by atoms with Gasteiger partial charge in [0.25, 0.3) is 0 Å². The molecule has 2 unspecified atom stereocenters. The summed E-state index contributed by atoms with van der Waals surface area (Å²) in [6, 6.07) is -0.279. The summed E-state index contributed by atoms with van der Waals surface area (Å²) in [6.07, 6.45) is 0. The van der Waals surface area contributed by atoms with Gasteiger partial charge < -0.3 is 10.6 Å². The Morgan fingerprint density at radius 1 is 1.50 bits per heavy atom. The molecule has 0 spiro atoms. The Bertz CT molecular complexity index is 357. The second-order valence-corrected chi connectivity index (χ2v) is 7.57. The Morgan fingerprint density at radius 3 is 2.56 bits per heavy atom. The maximum absolute atomic E-state index is 11.3. The lowest BCUT2D eigenvalue weighted by molar-refractivity contribution is 0.596. The van der Waals surface area contributed by atoms with Crippen LogP contribution in [0.15, 0.2) is 0 Å². The Labute approximate surface area is 107 Å². The van der Waals surface area contributed by atoms with Crippen LogP contribution in [0.3, 0.4) is 0 Å². The molecule has 1 heterocycles. The van der Waals surface area contributed by atoms with Crippen molar-refractivity contribution in [2.24, 2.45) is 5.92 Å². The highest BCUT2D eigenvalue weighted by atomic mass is 35.5. The van der Waals surface area contributed by atoms with Crippen molar-refractivity contribution in [2.75, 3.05) is 18.1 Å². The molecule has 0 aromatic rings. The minimum atomic E-state index is -3.00. The zero-order valence-electron chi connectivity index (χ0n) is 9.36. The number of sulfone groups is 1. The highest BCUT2D eigenvalue weighted by Gasteiger charge is 2.36. The summed E-state index contributed by atoms with van der Waals surface area (Å²) in [5.41, 5.74) is 0. The fourth-order valence-corrected chi connectivity index (χ4v) is 4.24. The van der Waals surface area contributed by atoms with E-state index in [-0.39, 0.29) is 17.5 Å². The van der Waals surface area contributed by atoms with Gasteiger partial charge in [-0.1, -0.05) is 13.8 Å². The maximum Gasteiger partial charge on any atom is 0.166 e. The lowest BCUT2D eigenvalue weighted by atomic mass is 10.2. The zero-order chi connectivity index (χ0) is 12.3. The summed E-state index contributed by atoms with van der Waals surface area (Å²) in [4.78, 5) is 0. The summed E-state index contributed by atoms with van der Waals surface area (Å²) >= 11 is 11.0. The molecule has 4 nitrogen and oxygen atoms in total. The van der Waals surface area contributed by atoms with E-state index in [9.17, 15) is 8.42 Å². The number of hydrogen-bond acceptors (Lipinski definition) is 3. The van der Waals surface area contributed by atoms with Crippen LogP contribution in [0.1, 0.15) is 13.8 Å². The van der Waals surface area contributed by atoms with Crippen molar-refractivity contribution >= 4 is 38.8 Å². The SMILES string of the molecule is CC(C)CNC(=S)NC1CS(=O)(=O)CC1Cl. The van der Waals surface area contributed by atoms with Gasteiger partial charge in [-0.25, -0.2) is 8.42 Å². The average molecular weight is 285 g/mol. The minimum absolute atomic E-state index is 0.0268. The van der Waals surface area contributed by atoms with Gasteiger partial charge in [0.2, 0.25) is 0 Å². The maximum atomic E-state index is 11.3. The molecule has 7 heteroatoms. The van der Waals surface area contributed by atoms with Gasteiger partial charge in [-0.2, -0.15) is 0 Å². The molecule has 16 heavy (non-hydrogen) atoms. The van der Waals surface area contributed by atoms with Crippen LogP contribution < -0.4 is 10.6 Å². The fourth-order valence-electron chi connectivity index (χ4n) is 1.45. The van der Waals surface area contributed by atoms with Gasteiger partial charge in [0.15, 0.2) is 14.9 Å². The quantitative estimate of drug-likeness (QED) is 0.584. The first-order valence-corrected chi connectivity index (χ1v) is 7.85. The third-order valence-corrected chi connectivity index (χ3v) is 4.91. The van der Waals surface area contributed by atoms with Gasteiger partial charge in [0.1, 0.15) is 0 Å². The van der Waals surface area contributed by atoms with Crippen LogP contribution in [0, 0.1) is 5.92 Å². The topological polar surface area (TPSA) is 58.2 Å². The number of alkyl halides is 1. The van der Waals surface area contributed by atoms with Crippen molar-refractivity contribution in [3.05, 3.63) is 0 Å². The summed E-state index contributed by atoms with van der Waals surface area (Å²) in [5.74, 6) is 0.572. The largest absolute Gasteiger partial charge is 0.362 e. The molecular weight excluding hydrogens is 268 g/mol. The predicted molar refractivity (Wildman–Crippen MR) is 70.7 cm³/mol. The third kappa shape index (κ3) is 4.43. The van der Waals surface area contributed by atoms with Gasteiger partial charge in [0, 0.05) is 6.54 Å². The molecule has 1 fully saturated rings. The molecule has 0 bridgehead atoms. The lowest BCUT2D eigenvalue weighted by Crippen LogP contribution is -2.46. The van der Waals surface area contributed by atoms with Gasteiger partial charge in [-0.15, -0.1) is 11.6 Å². The molecular formula is C9H17ClN2O2S2. The number of thiocarbonyl (C=S) groups is 1. The summed E-state index contributed by atoms with van der Waals surface area (Å²) in [7, 11) is -3.00. The summed E-state index contributed by atoms with van der Waals surface area (Å²) in [6.45, 7) is 4.90. The molecule has 1 aliphatic heterocycles. The van der Waals surface area contributed by atoms with Crippen molar-refractivity contribution in [1.29, 1.82) is 0 Å². The van der Waals surface area contributed by atoms with Crippen LogP contribution >= 0.6 is 23.8 Å². The first kappa shape index (κ1) is 14.0. The van der Waals surface area contributed by atoms with E-state index >= 15 is 0 Å². The second kappa shape index (κ2) is 5.51. The fraction of sp³-hybridized carbons (Fsp3) is 0.889.